The third-order valence-corrected chi connectivity index (χ3v) is 3.67. The van der Waals surface area contributed by atoms with Gasteiger partial charge in [-0.1, -0.05) is 12.1 Å². The molecule has 1 aliphatic heterocycles. The summed E-state index contributed by atoms with van der Waals surface area (Å²) in [6.45, 7) is 0.431. The molecule has 1 aliphatic rings. The number of hydrogen-bond acceptors (Lipinski definition) is 7. The SMILES string of the molecule is COc1ccc(CO)cc1.O=C1OC(COSI)CC1O. The molecule has 0 saturated carbocycles. The van der Waals surface area contributed by atoms with Crippen molar-refractivity contribution in [3.05, 3.63) is 29.8 Å². The van der Waals surface area contributed by atoms with Gasteiger partial charge in [-0.15, -0.1) is 0 Å². The van der Waals surface area contributed by atoms with E-state index in [0.717, 1.165) is 11.3 Å². The van der Waals surface area contributed by atoms with E-state index < -0.39 is 12.1 Å². The van der Waals surface area contributed by atoms with E-state index in [9.17, 15) is 4.79 Å². The normalized spacial score (nSPS) is 20.5. The highest BCUT2D eigenvalue weighted by molar-refractivity contribution is 14.2. The molecule has 0 bridgehead atoms. The predicted octanol–water partition coefficient (Wildman–Crippen LogP) is 1.87. The van der Waals surface area contributed by atoms with Crippen LogP contribution in [0.4, 0.5) is 0 Å². The number of esters is 1. The van der Waals surface area contributed by atoms with Crippen LogP contribution in [-0.4, -0.2) is 42.1 Å². The smallest absolute Gasteiger partial charge is 0.335 e. The number of benzene rings is 1. The Morgan fingerprint density at radius 3 is 2.52 bits per heavy atom. The molecule has 118 valence electrons. The second kappa shape index (κ2) is 10.2. The molecule has 1 fully saturated rings. The van der Waals surface area contributed by atoms with Crippen LogP contribution in [-0.2, 0) is 20.3 Å². The Hall–Kier alpha value is -0.550. The van der Waals surface area contributed by atoms with Crippen molar-refractivity contribution >= 4 is 36.4 Å². The summed E-state index contributed by atoms with van der Waals surface area (Å²) in [6, 6.07) is 7.31. The van der Waals surface area contributed by atoms with E-state index in [-0.39, 0.29) is 12.7 Å². The van der Waals surface area contributed by atoms with E-state index in [1.165, 1.54) is 9.21 Å². The van der Waals surface area contributed by atoms with Gasteiger partial charge in [-0.05, 0) is 17.7 Å². The zero-order chi connectivity index (χ0) is 15.7. The maximum absolute atomic E-state index is 10.6. The van der Waals surface area contributed by atoms with E-state index >= 15 is 0 Å². The first-order valence-corrected chi connectivity index (χ1v) is 9.41. The van der Waals surface area contributed by atoms with Crippen LogP contribution >= 0.6 is 30.4 Å². The van der Waals surface area contributed by atoms with Crippen molar-refractivity contribution in [3.8, 4) is 5.75 Å². The Bertz CT molecular complexity index is 404. The van der Waals surface area contributed by atoms with Crippen LogP contribution in [0.2, 0.25) is 0 Å². The lowest BCUT2D eigenvalue weighted by Gasteiger charge is -2.05. The average Bonchev–Trinajstić information content (AvgIpc) is 2.84. The van der Waals surface area contributed by atoms with E-state index in [2.05, 4.69) is 0 Å². The standard InChI is InChI=1S/C8H10O2.C5H7IO4S/c1-10-8-4-2-7(6-9)3-5-8;6-11-9-2-3-1-4(7)5(8)10-3/h2-5,9H,6H2,1H3;3-4,7H,1-2H2. The van der Waals surface area contributed by atoms with Crippen LogP contribution in [0.5, 0.6) is 5.75 Å². The summed E-state index contributed by atoms with van der Waals surface area (Å²) in [7, 11) is 2.81. The number of cyclic esters (lactones) is 1. The minimum absolute atomic E-state index is 0.0873. The molecule has 0 spiro atoms. The molecule has 6 nitrogen and oxygen atoms in total. The van der Waals surface area contributed by atoms with Crippen LogP contribution in [0, 0.1) is 0 Å². The van der Waals surface area contributed by atoms with Crippen molar-refractivity contribution in [1.82, 2.24) is 0 Å². The highest BCUT2D eigenvalue weighted by atomic mass is 127. The zero-order valence-corrected chi connectivity index (χ0v) is 14.4. The molecule has 2 N–H and O–H groups in total. The number of halogens is 1. The Kier molecular flexibility index (Phi) is 9.00. The van der Waals surface area contributed by atoms with Crippen molar-refractivity contribution in [3.63, 3.8) is 0 Å². The summed E-state index contributed by atoms with van der Waals surface area (Å²) >= 11 is 1.98. The number of methoxy groups -OCH3 is 1. The predicted molar refractivity (Wildman–Crippen MR) is 87.0 cm³/mol. The van der Waals surface area contributed by atoms with Gasteiger partial charge in [-0.2, -0.15) is 0 Å². The van der Waals surface area contributed by atoms with Gasteiger partial charge < -0.3 is 23.9 Å². The first kappa shape index (κ1) is 18.5. The van der Waals surface area contributed by atoms with Crippen LogP contribution in [0.1, 0.15) is 12.0 Å². The fourth-order valence-corrected chi connectivity index (χ4v) is 2.21. The Morgan fingerprint density at radius 2 is 2.10 bits per heavy atom. The molecule has 1 aromatic rings. The first-order valence-electron chi connectivity index (χ1n) is 6.13. The van der Waals surface area contributed by atoms with Crippen LogP contribution in [0.15, 0.2) is 24.3 Å². The molecular weight excluding hydrogens is 411 g/mol. The molecule has 2 rings (SSSR count). The Labute approximate surface area is 139 Å². The van der Waals surface area contributed by atoms with Gasteiger partial charge >= 0.3 is 5.97 Å². The molecule has 1 heterocycles. The number of carbonyl (C=O) groups is 1. The summed E-state index contributed by atoms with van der Waals surface area (Å²) < 4.78 is 14.6. The third-order valence-electron chi connectivity index (χ3n) is 2.68. The highest BCUT2D eigenvalue weighted by Gasteiger charge is 2.32. The van der Waals surface area contributed by atoms with Crippen molar-refractivity contribution in [2.45, 2.75) is 25.2 Å². The minimum atomic E-state index is -0.956. The van der Waals surface area contributed by atoms with E-state index in [1.54, 1.807) is 7.11 Å². The van der Waals surface area contributed by atoms with Gasteiger partial charge in [0.15, 0.2) is 6.10 Å². The maximum Gasteiger partial charge on any atom is 0.335 e. The van der Waals surface area contributed by atoms with E-state index in [0.29, 0.717) is 13.0 Å². The molecule has 8 heteroatoms. The largest absolute Gasteiger partial charge is 0.497 e. The molecule has 1 saturated heterocycles. The van der Waals surface area contributed by atoms with Crippen molar-refractivity contribution in [1.29, 1.82) is 0 Å². The number of rotatable bonds is 5. The van der Waals surface area contributed by atoms with Gasteiger partial charge in [0, 0.05) is 27.6 Å². The highest BCUT2D eigenvalue weighted by Crippen LogP contribution is 2.19. The summed E-state index contributed by atoms with van der Waals surface area (Å²) in [6.07, 6.45) is -0.890. The molecule has 2 atom stereocenters. The first-order chi connectivity index (χ1) is 10.1. The molecule has 21 heavy (non-hydrogen) atoms. The molecule has 0 aliphatic carbocycles. The topological polar surface area (TPSA) is 85.2 Å². The summed E-state index contributed by atoms with van der Waals surface area (Å²) in [5.74, 6) is 0.272. The van der Waals surface area contributed by atoms with Gasteiger partial charge in [0.2, 0.25) is 0 Å². The van der Waals surface area contributed by atoms with Gasteiger partial charge in [0.05, 0.1) is 29.5 Å². The van der Waals surface area contributed by atoms with E-state index in [1.807, 2.05) is 45.5 Å². The lowest BCUT2D eigenvalue weighted by atomic mass is 10.2. The van der Waals surface area contributed by atoms with Crippen molar-refractivity contribution in [2.75, 3.05) is 13.7 Å². The van der Waals surface area contributed by atoms with Crippen LogP contribution in [0.25, 0.3) is 0 Å². The number of aliphatic hydroxyl groups excluding tert-OH is 2. The summed E-state index contributed by atoms with van der Waals surface area (Å²) in [5, 5.41) is 17.6. The van der Waals surface area contributed by atoms with Crippen LogP contribution < -0.4 is 4.74 Å². The second-order valence-corrected chi connectivity index (χ2v) is 5.60. The average molecular weight is 428 g/mol. The summed E-state index contributed by atoms with van der Waals surface area (Å²) in [4.78, 5) is 10.6. The minimum Gasteiger partial charge on any atom is -0.497 e. The molecule has 2 unspecified atom stereocenters. The number of carbonyl (C=O) groups excluding carboxylic acids is 1. The Morgan fingerprint density at radius 1 is 1.43 bits per heavy atom. The van der Waals surface area contributed by atoms with Crippen molar-refractivity contribution in [2.24, 2.45) is 0 Å². The van der Waals surface area contributed by atoms with Gasteiger partial charge in [-0.3, -0.25) is 0 Å². The van der Waals surface area contributed by atoms with Gasteiger partial charge in [-0.25, -0.2) is 4.79 Å². The number of ether oxygens (including phenoxy) is 2. The fraction of sp³-hybridized carbons (Fsp3) is 0.462. The van der Waals surface area contributed by atoms with Gasteiger partial charge in [0.1, 0.15) is 11.9 Å². The lowest BCUT2D eigenvalue weighted by molar-refractivity contribution is -0.147. The molecule has 0 aromatic heterocycles. The third kappa shape index (κ3) is 6.83. The van der Waals surface area contributed by atoms with Gasteiger partial charge in [0.25, 0.3) is 0 Å². The molecule has 0 radical (unpaired) electrons. The zero-order valence-electron chi connectivity index (χ0n) is 11.4. The maximum atomic E-state index is 10.6. The molecule has 0 amide bonds. The van der Waals surface area contributed by atoms with E-state index in [4.69, 9.17) is 23.9 Å². The fourth-order valence-electron chi connectivity index (χ4n) is 1.57. The second-order valence-electron chi connectivity index (χ2n) is 4.16. The lowest BCUT2D eigenvalue weighted by Crippen LogP contribution is -2.12. The molecular formula is C13H17IO6S. The quantitative estimate of drug-likeness (QED) is 0.421. The monoisotopic (exact) mass is 428 g/mol. The number of aliphatic hydroxyl groups is 2. The molecule has 1 aromatic carbocycles. The van der Waals surface area contributed by atoms with Crippen LogP contribution in [0.3, 0.4) is 0 Å². The Balaban J connectivity index is 0.000000211. The van der Waals surface area contributed by atoms with Crippen molar-refractivity contribution < 1.29 is 28.7 Å². The summed E-state index contributed by atoms with van der Waals surface area (Å²) in [5.41, 5.74) is 0.904. The number of hydrogen-bond donors (Lipinski definition) is 2.